The lowest BCUT2D eigenvalue weighted by molar-refractivity contribution is -0.137. The number of aromatic nitrogens is 2. The van der Waals surface area contributed by atoms with E-state index < -0.39 is 5.97 Å². The number of ether oxygens (including phenoxy) is 1. The summed E-state index contributed by atoms with van der Waals surface area (Å²) in [5.41, 5.74) is 9.29. The minimum Gasteiger partial charge on any atom is -0.494 e. The Balaban J connectivity index is 1.25. The quantitative estimate of drug-likeness (QED) is 0.0921. The van der Waals surface area contributed by atoms with Crippen molar-refractivity contribution in [2.75, 3.05) is 23.9 Å². The Kier molecular flexibility index (Phi) is 9.48. The molecule has 2 aromatic carbocycles. The van der Waals surface area contributed by atoms with E-state index in [0.717, 1.165) is 57.9 Å². The lowest BCUT2D eigenvalue weighted by atomic mass is 9.88. The fourth-order valence-electron chi connectivity index (χ4n) is 5.36. The average molecular weight is 581 g/mol. The minimum atomic E-state index is -0.824. The molecule has 43 heavy (non-hydrogen) atoms. The van der Waals surface area contributed by atoms with Crippen LogP contribution in [0.2, 0.25) is 0 Å². The van der Waals surface area contributed by atoms with Crippen molar-refractivity contribution < 1.29 is 19.4 Å². The van der Waals surface area contributed by atoms with E-state index >= 15 is 0 Å². The first-order valence-corrected chi connectivity index (χ1v) is 14.3. The number of anilines is 2. The summed E-state index contributed by atoms with van der Waals surface area (Å²) in [6.45, 7) is 3.67. The molecule has 2 aromatic heterocycles. The van der Waals surface area contributed by atoms with Crippen molar-refractivity contribution in [3.8, 4) is 5.75 Å². The molecule has 1 amide bonds. The molecule has 0 saturated carbocycles. The summed E-state index contributed by atoms with van der Waals surface area (Å²) < 4.78 is 6.08. The number of fused-ring (bicyclic) bond motifs is 2. The van der Waals surface area contributed by atoms with Crippen LogP contribution < -0.4 is 26.6 Å². The van der Waals surface area contributed by atoms with Gasteiger partial charge in [-0.2, -0.15) is 0 Å². The number of benzene rings is 2. The maximum absolute atomic E-state index is 12.7. The predicted octanol–water partition coefficient (Wildman–Crippen LogP) is 4.59. The Morgan fingerprint density at radius 2 is 1.88 bits per heavy atom. The highest BCUT2D eigenvalue weighted by atomic mass is 16.5. The van der Waals surface area contributed by atoms with Gasteiger partial charge < -0.3 is 25.9 Å². The Labute approximate surface area is 250 Å². The number of carbonyl (C=O) groups is 2. The van der Waals surface area contributed by atoms with E-state index in [0.29, 0.717) is 37.4 Å². The standard InChI is InChI=1S/C33H36N6O4/c1-21-9-11-36-31(13-21)35-10-2-12-43-28-6-4-23-15-27(18-32(40)41)29-7-3-22(14-26(29)16-25(23)17-28)19-38-33(42)24-5-8-30(39-34)37-20-24/h3-9,11,13-14,17,20,27H,2,10,12,15-16,18-19,34H2,1H3,(H,35,36)(H,37,39)(H,38,42)(H,40,41). The van der Waals surface area contributed by atoms with Crippen molar-refractivity contribution in [2.24, 2.45) is 5.84 Å². The van der Waals surface area contributed by atoms with E-state index in [-0.39, 0.29) is 18.2 Å². The SMILES string of the molecule is Cc1ccnc(NCCCOc2ccc3c(c2)Cc2cc(CNC(=O)c4ccc(NN)nc4)ccc2C(CC(=O)O)C3)c1. The molecule has 222 valence electrons. The summed E-state index contributed by atoms with van der Waals surface area (Å²) in [5, 5.41) is 15.9. The zero-order chi connectivity index (χ0) is 30.2. The molecule has 0 bridgehead atoms. The van der Waals surface area contributed by atoms with Gasteiger partial charge in [0.2, 0.25) is 0 Å². The molecule has 0 aliphatic heterocycles. The highest BCUT2D eigenvalue weighted by molar-refractivity contribution is 5.94. The van der Waals surface area contributed by atoms with Gasteiger partial charge in [0, 0.05) is 25.5 Å². The van der Waals surface area contributed by atoms with E-state index in [1.165, 1.54) is 6.20 Å². The van der Waals surface area contributed by atoms with Crippen LogP contribution in [0.25, 0.3) is 0 Å². The number of carboxylic acids is 1. The highest BCUT2D eigenvalue weighted by Gasteiger charge is 2.25. The second-order valence-electron chi connectivity index (χ2n) is 10.7. The normalized spacial score (nSPS) is 13.7. The third-order valence-corrected chi connectivity index (χ3v) is 7.53. The Morgan fingerprint density at radius 3 is 2.65 bits per heavy atom. The number of pyridine rings is 2. The number of aryl methyl sites for hydroxylation is 1. The van der Waals surface area contributed by atoms with Crippen molar-refractivity contribution in [1.29, 1.82) is 0 Å². The van der Waals surface area contributed by atoms with Gasteiger partial charge in [-0.25, -0.2) is 15.8 Å². The van der Waals surface area contributed by atoms with Crippen LogP contribution in [-0.2, 0) is 24.2 Å². The lowest BCUT2D eigenvalue weighted by Gasteiger charge is -2.17. The van der Waals surface area contributed by atoms with Gasteiger partial charge >= 0.3 is 5.97 Å². The smallest absolute Gasteiger partial charge is 0.303 e. The predicted molar refractivity (Wildman–Crippen MR) is 165 cm³/mol. The minimum absolute atomic E-state index is 0.0459. The first-order chi connectivity index (χ1) is 20.9. The number of nitrogens with one attached hydrogen (secondary N) is 3. The van der Waals surface area contributed by atoms with Crippen molar-refractivity contribution in [2.45, 2.75) is 45.1 Å². The van der Waals surface area contributed by atoms with Crippen LogP contribution in [0.4, 0.5) is 11.6 Å². The lowest BCUT2D eigenvalue weighted by Crippen LogP contribution is -2.23. The number of aliphatic carboxylic acids is 1. The maximum atomic E-state index is 12.7. The molecular weight excluding hydrogens is 544 g/mol. The summed E-state index contributed by atoms with van der Waals surface area (Å²) in [6, 6.07) is 19.4. The van der Waals surface area contributed by atoms with Crippen molar-refractivity contribution in [3.05, 3.63) is 112 Å². The number of hydrogen-bond acceptors (Lipinski definition) is 8. The molecule has 0 spiro atoms. The fraction of sp³-hybridized carbons (Fsp3) is 0.273. The number of nitrogen functional groups attached to an aromatic ring is 1. The summed E-state index contributed by atoms with van der Waals surface area (Å²) in [6.07, 6.45) is 5.41. The van der Waals surface area contributed by atoms with E-state index in [1.54, 1.807) is 18.3 Å². The number of carbonyl (C=O) groups excluding carboxylic acids is 1. The third-order valence-electron chi connectivity index (χ3n) is 7.53. The number of hydrogen-bond donors (Lipinski definition) is 5. The van der Waals surface area contributed by atoms with E-state index in [9.17, 15) is 14.7 Å². The van der Waals surface area contributed by atoms with Gasteiger partial charge in [-0.3, -0.25) is 9.59 Å². The van der Waals surface area contributed by atoms with Crippen LogP contribution in [-0.4, -0.2) is 40.1 Å². The topological polar surface area (TPSA) is 151 Å². The first-order valence-electron chi connectivity index (χ1n) is 14.3. The van der Waals surface area contributed by atoms with E-state index in [4.69, 9.17) is 10.6 Å². The van der Waals surface area contributed by atoms with Crippen LogP contribution in [0.3, 0.4) is 0 Å². The van der Waals surface area contributed by atoms with Crippen LogP contribution in [0.15, 0.2) is 73.1 Å². The van der Waals surface area contributed by atoms with Gasteiger partial charge in [0.25, 0.3) is 5.91 Å². The molecule has 10 nitrogen and oxygen atoms in total. The molecule has 1 aliphatic rings. The Hall–Kier alpha value is -4.96. The molecule has 1 aliphatic carbocycles. The molecule has 2 heterocycles. The Bertz CT molecular complexity index is 1590. The zero-order valence-electron chi connectivity index (χ0n) is 24.1. The zero-order valence-corrected chi connectivity index (χ0v) is 24.1. The van der Waals surface area contributed by atoms with Gasteiger partial charge in [-0.15, -0.1) is 0 Å². The van der Waals surface area contributed by atoms with E-state index in [1.807, 2.05) is 37.3 Å². The molecule has 5 rings (SSSR count). The summed E-state index contributed by atoms with van der Waals surface area (Å²) in [7, 11) is 0. The summed E-state index contributed by atoms with van der Waals surface area (Å²) in [4.78, 5) is 32.8. The molecule has 0 radical (unpaired) electrons. The van der Waals surface area contributed by atoms with Crippen LogP contribution in [0.5, 0.6) is 5.75 Å². The largest absolute Gasteiger partial charge is 0.494 e. The van der Waals surface area contributed by atoms with Crippen LogP contribution in [0.1, 0.15) is 62.5 Å². The molecule has 6 N–H and O–H groups in total. The number of hydrazine groups is 1. The molecule has 0 saturated heterocycles. The van der Waals surface area contributed by atoms with Crippen molar-refractivity contribution in [3.63, 3.8) is 0 Å². The highest BCUT2D eigenvalue weighted by Crippen LogP contribution is 2.36. The molecule has 4 aromatic rings. The number of nitrogens with zero attached hydrogens (tertiary/aromatic N) is 2. The van der Waals surface area contributed by atoms with Crippen LogP contribution >= 0.6 is 0 Å². The summed E-state index contributed by atoms with van der Waals surface area (Å²) >= 11 is 0. The van der Waals surface area contributed by atoms with Gasteiger partial charge in [0.1, 0.15) is 17.4 Å². The second-order valence-corrected chi connectivity index (χ2v) is 10.7. The molecule has 0 fully saturated rings. The maximum Gasteiger partial charge on any atom is 0.303 e. The number of carboxylic acid groups (broad SMARTS) is 1. The average Bonchev–Trinajstić information content (AvgIpc) is 3.15. The number of amides is 1. The fourth-order valence-corrected chi connectivity index (χ4v) is 5.36. The van der Waals surface area contributed by atoms with Gasteiger partial charge in [-0.1, -0.05) is 24.3 Å². The van der Waals surface area contributed by atoms with Gasteiger partial charge in [-0.05, 0) is 102 Å². The number of rotatable bonds is 12. The monoisotopic (exact) mass is 580 g/mol. The molecule has 10 heteroatoms. The summed E-state index contributed by atoms with van der Waals surface area (Å²) in [5.74, 6) is 6.25. The van der Waals surface area contributed by atoms with Crippen LogP contribution in [0, 0.1) is 6.92 Å². The Morgan fingerprint density at radius 1 is 1.00 bits per heavy atom. The van der Waals surface area contributed by atoms with E-state index in [2.05, 4.69) is 44.2 Å². The first kappa shape index (κ1) is 29.5. The molecule has 1 unspecified atom stereocenters. The molecule has 1 atom stereocenters. The molecular formula is C33H36N6O4. The third kappa shape index (κ3) is 7.87. The van der Waals surface area contributed by atoms with Gasteiger partial charge in [0.05, 0.1) is 18.6 Å². The second kappa shape index (κ2) is 13.8. The van der Waals surface area contributed by atoms with Gasteiger partial charge in [0.15, 0.2) is 0 Å². The number of nitrogens with two attached hydrogens (primary N) is 1. The van der Waals surface area contributed by atoms with Crippen molar-refractivity contribution >= 4 is 23.5 Å². The van der Waals surface area contributed by atoms with Crippen molar-refractivity contribution in [1.82, 2.24) is 15.3 Å².